The van der Waals surface area contributed by atoms with Gasteiger partial charge >= 0.3 is 0 Å². The van der Waals surface area contributed by atoms with E-state index in [1.54, 1.807) is 0 Å². The van der Waals surface area contributed by atoms with Gasteiger partial charge in [0.2, 0.25) is 5.91 Å². The first-order valence-electron chi connectivity index (χ1n) is 5.52. The van der Waals surface area contributed by atoms with Gasteiger partial charge in [-0.05, 0) is 25.8 Å². The zero-order valence-electron chi connectivity index (χ0n) is 8.83. The van der Waals surface area contributed by atoms with Crippen LogP contribution >= 0.6 is 0 Å². The lowest BCUT2D eigenvalue weighted by atomic mass is 10.2. The molecular weight excluding hydrogens is 178 g/mol. The summed E-state index contributed by atoms with van der Waals surface area (Å²) >= 11 is 0. The molecule has 2 fully saturated rings. The Kier molecular flexibility index (Phi) is 3.03. The molecule has 2 saturated heterocycles. The molecule has 1 amide bonds. The molecule has 0 radical (unpaired) electrons. The SMILES string of the molecule is CN1CCCC(=O)N1CC1CCCN1. The summed E-state index contributed by atoms with van der Waals surface area (Å²) in [6.07, 6.45) is 4.18. The second-order valence-electron chi connectivity index (χ2n) is 4.25. The fraction of sp³-hybridized carbons (Fsp3) is 0.900. The van der Waals surface area contributed by atoms with Crippen molar-refractivity contribution in [3.63, 3.8) is 0 Å². The highest BCUT2D eigenvalue weighted by Crippen LogP contribution is 2.13. The molecule has 0 bridgehead atoms. The number of carbonyl (C=O) groups is 1. The number of hydrazine groups is 1. The summed E-state index contributed by atoms with van der Waals surface area (Å²) in [5, 5.41) is 7.39. The minimum Gasteiger partial charge on any atom is -0.312 e. The van der Waals surface area contributed by atoms with E-state index < -0.39 is 0 Å². The zero-order valence-corrected chi connectivity index (χ0v) is 8.83. The Morgan fingerprint density at radius 1 is 1.50 bits per heavy atom. The third-order valence-electron chi connectivity index (χ3n) is 3.13. The standard InChI is InChI=1S/C10H19N3O/c1-12-7-3-5-10(14)13(12)8-9-4-2-6-11-9/h9,11H,2-8H2,1H3. The molecule has 2 aliphatic rings. The van der Waals surface area contributed by atoms with Crippen molar-refractivity contribution in [3.05, 3.63) is 0 Å². The number of carbonyl (C=O) groups excluding carboxylic acids is 1. The number of hydrogen-bond donors (Lipinski definition) is 1. The van der Waals surface area contributed by atoms with Crippen molar-refractivity contribution >= 4 is 5.91 Å². The summed E-state index contributed by atoms with van der Waals surface area (Å²) in [4.78, 5) is 11.6. The van der Waals surface area contributed by atoms with Crippen molar-refractivity contribution < 1.29 is 4.79 Å². The Morgan fingerprint density at radius 2 is 2.36 bits per heavy atom. The predicted octanol–water partition coefficient (Wildman–Crippen LogP) is 0.208. The Bertz CT molecular complexity index is 213. The summed E-state index contributed by atoms with van der Waals surface area (Å²) in [6.45, 7) is 2.98. The van der Waals surface area contributed by atoms with E-state index in [0.29, 0.717) is 6.04 Å². The largest absolute Gasteiger partial charge is 0.312 e. The number of rotatable bonds is 2. The average Bonchev–Trinajstić information content (AvgIpc) is 2.64. The molecule has 2 heterocycles. The highest BCUT2D eigenvalue weighted by atomic mass is 16.2. The molecule has 14 heavy (non-hydrogen) atoms. The van der Waals surface area contributed by atoms with Gasteiger partial charge in [0.1, 0.15) is 0 Å². The summed E-state index contributed by atoms with van der Waals surface area (Å²) in [5.74, 6) is 0.285. The third kappa shape index (κ3) is 2.07. The van der Waals surface area contributed by atoms with Crippen molar-refractivity contribution in [2.24, 2.45) is 0 Å². The molecule has 0 aromatic rings. The van der Waals surface area contributed by atoms with Gasteiger partial charge in [0.05, 0.1) is 6.54 Å². The van der Waals surface area contributed by atoms with Gasteiger partial charge in [-0.1, -0.05) is 0 Å². The fourth-order valence-corrected chi connectivity index (χ4v) is 2.26. The van der Waals surface area contributed by atoms with Crippen LogP contribution in [0.3, 0.4) is 0 Å². The minimum atomic E-state index is 0.285. The third-order valence-corrected chi connectivity index (χ3v) is 3.13. The van der Waals surface area contributed by atoms with Gasteiger partial charge in [0.15, 0.2) is 0 Å². The maximum atomic E-state index is 11.6. The maximum absolute atomic E-state index is 11.6. The highest BCUT2D eigenvalue weighted by molar-refractivity contribution is 5.76. The molecule has 0 aliphatic carbocycles. The monoisotopic (exact) mass is 197 g/mol. The van der Waals surface area contributed by atoms with Crippen molar-refractivity contribution in [2.45, 2.75) is 31.7 Å². The molecular formula is C10H19N3O. The minimum absolute atomic E-state index is 0.285. The first kappa shape index (κ1) is 9.93. The molecule has 0 spiro atoms. The van der Waals surface area contributed by atoms with Crippen LogP contribution in [0.2, 0.25) is 0 Å². The van der Waals surface area contributed by atoms with Crippen molar-refractivity contribution in [3.8, 4) is 0 Å². The van der Waals surface area contributed by atoms with Crippen molar-refractivity contribution in [2.75, 3.05) is 26.7 Å². The molecule has 1 atom stereocenters. The fourth-order valence-electron chi connectivity index (χ4n) is 2.26. The molecule has 4 heteroatoms. The summed E-state index contributed by atoms with van der Waals surface area (Å²) in [7, 11) is 2.01. The van der Waals surface area contributed by atoms with Gasteiger partial charge in [-0.3, -0.25) is 9.80 Å². The Labute approximate surface area is 85.2 Å². The van der Waals surface area contributed by atoms with Crippen molar-refractivity contribution in [1.29, 1.82) is 0 Å². The van der Waals surface area contributed by atoms with Crippen LogP contribution in [-0.2, 0) is 4.79 Å². The van der Waals surface area contributed by atoms with Gasteiger partial charge < -0.3 is 5.32 Å². The topological polar surface area (TPSA) is 35.6 Å². The van der Waals surface area contributed by atoms with Crippen molar-refractivity contribution in [1.82, 2.24) is 15.3 Å². The first-order chi connectivity index (χ1) is 6.77. The normalized spacial score (nSPS) is 29.9. The van der Waals surface area contributed by atoms with E-state index in [0.717, 1.165) is 32.5 Å². The molecule has 2 rings (SSSR count). The van der Waals surface area contributed by atoms with E-state index in [2.05, 4.69) is 10.3 Å². The zero-order chi connectivity index (χ0) is 9.97. The quantitative estimate of drug-likeness (QED) is 0.687. The molecule has 0 aromatic heterocycles. The first-order valence-corrected chi connectivity index (χ1v) is 5.52. The highest BCUT2D eigenvalue weighted by Gasteiger charge is 2.26. The van der Waals surface area contributed by atoms with Crippen LogP contribution in [0.15, 0.2) is 0 Å². The molecule has 0 aromatic carbocycles. The second kappa shape index (κ2) is 4.28. The summed E-state index contributed by atoms with van der Waals surface area (Å²) in [6, 6.07) is 0.513. The Balaban J connectivity index is 1.89. The van der Waals surface area contributed by atoms with E-state index in [-0.39, 0.29) is 5.91 Å². The van der Waals surface area contributed by atoms with Crippen LogP contribution in [0, 0.1) is 0 Å². The lowest BCUT2D eigenvalue weighted by Gasteiger charge is -2.37. The van der Waals surface area contributed by atoms with Gasteiger partial charge in [0.25, 0.3) is 0 Å². The number of nitrogens with zero attached hydrogens (tertiary/aromatic N) is 2. The molecule has 4 nitrogen and oxygen atoms in total. The second-order valence-corrected chi connectivity index (χ2v) is 4.25. The summed E-state index contributed by atoms with van der Waals surface area (Å²) < 4.78 is 0. The van der Waals surface area contributed by atoms with Crippen LogP contribution in [-0.4, -0.2) is 48.6 Å². The summed E-state index contributed by atoms with van der Waals surface area (Å²) in [5.41, 5.74) is 0. The number of amides is 1. The predicted molar refractivity (Wildman–Crippen MR) is 54.6 cm³/mol. The molecule has 1 N–H and O–H groups in total. The van der Waals surface area contributed by atoms with Crippen LogP contribution in [0.25, 0.3) is 0 Å². The molecule has 2 aliphatic heterocycles. The molecule has 80 valence electrons. The lowest BCUT2D eigenvalue weighted by Crippen LogP contribution is -2.52. The smallest absolute Gasteiger partial charge is 0.236 e. The van der Waals surface area contributed by atoms with Crippen LogP contribution in [0.4, 0.5) is 0 Å². The van der Waals surface area contributed by atoms with Gasteiger partial charge in [0, 0.05) is 26.1 Å². The van der Waals surface area contributed by atoms with Gasteiger partial charge in [-0.2, -0.15) is 0 Å². The Hall–Kier alpha value is -0.610. The van der Waals surface area contributed by atoms with Crippen LogP contribution < -0.4 is 5.32 Å². The average molecular weight is 197 g/mol. The van der Waals surface area contributed by atoms with Gasteiger partial charge in [-0.15, -0.1) is 0 Å². The maximum Gasteiger partial charge on any atom is 0.236 e. The van der Waals surface area contributed by atoms with E-state index in [4.69, 9.17) is 0 Å². The number of nitrogens with one attached hydrogen (secondary N) is 1. The number of hydrogen-bond acceptors (Lipinski definition) is 3. The van der Waals surface area contributed by atoms with Crippen LogP contribution in [0.1, 0.15) is 25.7 Å². The Morgan fingerprint density at radius 3 is 3.00 bits per heavy atom. The molecule has 1 unspecified atom stereocenters. The van der Waals surface area contributed by atoms with Crippen LogP contribution in [0.5, 0.6) is 0 Å². The van der Waals surface area contributed by atoms with Gasteiger partial charge in [-0.25, -0.2) is 5.01 Å². The van der Waals surface area contributed by atoms with E-state index in [9.17, 15) is 4.79 Å². The van der Waals surface area contributed by atoms with E-state index >= 15 is 0 Å². The van der Waals surface area contributed by atoms with E-state index in [1.807, 2.05) is 12.1 Å². The molecule has 0 saturated carbocycles. The van der Waals surface area contributed by atoms with E-state index in [1.165, 1.54) is 12.8 Å². The lowest BCUT2D eigenvalue weighted by molar-refractivity contribution is -0.153.